The molecule has 0 amide bonds. The first kappa shape index (κ1) is 14.1. The number of morpholine rings is 1. The molecule has 1 saturated carbocycles. The Balaban J connectivity index is 1.65. The highest BCUT2D eigenvalue weighted by Crippen LogP contribution is 2.25. The number of ether oxygens (including phenoxy) is 1. The second-order valence-electron chi connectivity index (χ2n) is 6.00. The molecular weight excluding hydrogens is 252 g/mol. The fourth-order valence-corrected chi connectivity index (χ4v) is 3.34. The number of nitrogens with zero attached hydrogens (tertiary/aromatic N) is 1. The zero-order valence-electron chi connectivity index (χ0n) is 12.4. The second kappa shape index (κ2) is 6.74. The SMILES string of the molecule is Cc1ccc(C(CNC2CCCC2)N2CCOCC2)o1. The van der Waals surface area contributed by atoms with E-state index in [1.54, 1.807) is 0 Å². The third-order valence-electron chi connectivity index (χ3n) is 4.53. The van der Waals surface area contributed by atoms with Crippen LogP contribution in [-0.2, 0) is 4.74 Å². The van der Waals surface area contributed by atoms with Crippen molar-refractivity contribution in [3.05, 3.63) is 23.7 Å². The molecule has 1 aliphatic carbocycles. The van der Waals surface area contributed by atoms with Crippen molar-refractivity contribution in [2.24, 2.45) is 0 Å². The van der Waals surface area contributed by atoms with Crippen LogP contribution in [0.15, 0.2) is 16.5 Å². The molecule has 0 spiro atoms. The Hall–Kier alpha value is -0.840. The topological polar surface area (TPSA) is 37.6 Å². The van der Waals surface area contributed by atoms with Gasteiger partial charge in [0.05, 0.1) is 19.3 Å². The third-order valence-corrected chi connectivity index (χ3v) is 4.53. The Morgan fingerprint density at radius 1 is 1.25 bits per heavy atom. The summed E-state index contributed by atoms with van der Waals surface area (Å²) in [6, 6.07) is 5.24. The third kappa shape index (κ3) is 3.43. The van der Waals surface area contributed by atoms with Gasteiger partial charge in [0.1, 0.15) is 11.5 Å². The van der Waals surface area contributed by atoms with Crippen LogP contribution >= 0.6 is 0 Å². The Bertz CT molecular complexity index is 406. The Kier molecular flexibility index (Phi) is 4.76. The molecule has 0 aromatic carbocycles. The molecular formula is C16H26N2O2. The smallest absolute Gasteiger partial charge is 0.122 e. The largest absolute Gasteiger partial charge is 0.465 e. The Morgan fingerprint density at radius 2 is 2.00 bits per heavy atom. The van der Waals surface area contributed by atoms with Crippen LogP contribution in [0.2, 0.25) is 0 Å². The summed E-state index contributed by atoms with van der Waals surface area (Å²) in [6.07, 6.45) is 5.40. The number of furan rings is 1. The maximum absolute atomic E-state index is 5.89. The summed E-state index contributed by atoms with van der Waals surface area (Å²) in [7, 11) is 0. The summed E-state index contributed by atoms with van der Waals surface area (Å²) in [5.41, 5.74) is 0. The van der Waals surface area contributed by atoms with Crippen LogP contribution in [0.3, 0.4) is 0 Å². The minimum atomic E-state index is 0.341. The van der Waals surface area contributed by atoms with E-state index in [9.17, 15) is 0 Å². The minimum absolute atomic E-state index is 0.341. The van der Waals surface area contributed by atoms with Crippen molar-refractivity contribution in [3.63, 3.8) is 0 Å². The predicted molar refractivity (Wildman–Crippen MR) is 78.8 cm³/mol. The maximum atomic E-state index is 5.89. The normalized spacial score (nSPS) is 23.2. The Morgan fingerprint density at radius 3 is 2.65 bits per heavy atom. The van der Waals surface area contributed by atoms with Crippen molar-refractivity contribution in [2.45, 2.75) is 44.7 Å². The zero-order valence-corrected chi connectivity index (χ0v) is 12.4. The number of aryl methyl sites for hydroxylation is 1. The molecule has 1 atom stereocenters. The van der Waals surface area contributed by atoms with E-state index in [0.717, 1.165) is 44.4 Å². The fourth-order valence-electron chi connectivity index (χ4n) is 3.34. The highest BCUT2D eigenvalue weighted by atomic mass is 16.5. The molecule has 4 nitrogen and oxygen atoms in total. The molecule has 2 fully saturated rings. The highest BCUT2D eigenvalue weighted by molar-refractivity contribution is 5.11. The lowest BCUT2D eigenvalue weighted by Crippen LogP contribution is -2.44. The predicted octanol–water partition coefficient (Wildman–Crippen LogP) is 2.49. The van der Waals surface area contributed by atoms with Gasteiger partial charge >= 0.3 is 0 Å². The molecule has 20 heavy (non-hydrogen) atoms. The summed E-state index contributed by atoms with van der Waals surface area (Å²) >= 11 is 0. The van der Waals surface area contributed by atoms with Gasteiger partial charge in [-0.1, -0.05) is 12.8 Å². The molecule has 0 radical (unpaired) electrons. The monoisotopic (exact) mass is 278 g/mol. The number of hydrogen-bond acceptors (Lipinski definition) is 4. The van der Waals surface area contributed by atoms with E-state index in [-0.39, 0.29) is 0 Å². The van der Waals surface area contributed by atoms with Crippen LogP contribution in [0.1, 0.15) is 43.2 Å². The molecule has 1 N–H and O–H groups in total. The first-order valence-corrected chi connectivity index (χ1v) is 7.94. The van der Waals surface area contributed by atoms with E-state index in [1.165, 1.54) is 25.7 Å². The number of rotatable bonds is 5. The van der Waals surface area contributed by atoms with Crippen molar-refractivity contribution in [3.8, 4) is 0 Å². The van der Waals surface area contributed by atoms with Gasteiger partial charge in [0.2, 0.25) is 0 Å². The van der Waals surface area contributed by atoms with E-state index < -0.39 is 0 Å². The highest BCUT2D eigenvalue weighted by Gasteiger charge is 2.26. The van der Waals surface area contributed by atoms with E-state index in [4.69, 9.17) is 9.15 Å². The summed E-state index contributed by atoms with van der Waals surface area (Å²) in [6.45, 7) is 6.66. The van der Waals surface area contributed by atoms with Crippen LogP contribution in [0.4, 0.5) is 0 Å². The van der Waals surface area contributed by atoms with Crippen molar-refractivity contribution in [2.75, 3.05) is 32.8 Å². The molecule has 0 bridgehead atoms. The molecule has 4 heteroatoms. The molecule has 2 heterocycles. The second-order valence-corrected chi connectivity index (χ2v) is 6.00. The van der Waals surface area contributed by atoms with Crippen LogP contribution in [0.25, 0.3) is 0 Å². The van der Waals surface area contributed by atoms with Gasteiger partial charge in [0, 0.05) is 25.7 Å². The lowest BCUT2D eigenvalue weighted by atomic mass is 10.1. The Labute approximate surface area is 121 Å². The molecule has 112 valence electrons. The average molecular weight is 278 g/mol. The van der Waals surface area contributed by atoms with E-state index in [2.05, 4.69) is 22.3 Å². The summed E-state index contributed by atoms with van der Waals surface area (Å²) in [5.74, 6) is 2.09. The van der Waals surface area contributed by atoms with Gasteiger partial charge in [-0.05, 0) is 31.9 Å². The fraction of sp³-hybridized carbons (Fsp3) is 0.750. The van der Waals surface area contributed by atoms with E-state index >= 15 is 0 Å². The van der Waals surface area contributed by atoms with Crippen LogP contribution in [0.5, 0.6) is 0 Å². The average Bonchev–Trinajstić information content (AvgIpc) is 3.12. The lowest BCUT2D eigenvalue weighted by molar-refractivity contribution is 0.0110. The van der Waals surface area contributed by atoms with Crippen LogP contribution in [-0.4, -0.2) is 43.8 Å². The molecule has 1 aromatic heterocycles. The van der Waals surface area contributed by atoms with Gasteiger partial charge in [0.25, 0.3) is 0 Å². The van der Waals surface area contributed by atoms with Gasteiger partial charge in [-0.15, -0.1) is 0 Å². The van der Waals surface area contributed by atoms with Gasteiger partial charge < -0.3 is 14.5 Å². The molecule has 1 aromatic rings. The van der Waals surface area contributed by atoms with Crippen molar-refractivity contribution >= 4 is 0 Å². The van der Waals surface area contributed by atoms with E-state index in [0.29, 0.717) is 12.1 Å². The molecule has 1 aliphatic heterocycles. The van der Waals surface area contributed by atoms with Gasteiger partial charge in [-0.2, -0.15) is 0 Å². The summed E-state index contributed by atoms with van der Waals surface area (Å²) in [5, 5.41) is 3.74. The first-order chi connectivity index (χ1) is 9.83. The van der Waals surface area contributed by atoms with Crippen molar-refractivity contribution < 1.29 is 9.15 Å². The molecule has 1 unspecified atom stereocenters. The lowest BCUT2D eigenvalue weighted by Gasteiger charge is -2.34. The maximum Gasteiger partial charge on any atom is 0.122 e. The molecule has 2 aliphatic rings. The zero-order chi connectivity index (χ0) is 13.8. The molecule has 3 rings (SSSR count). The molecule has 1 saturated heterocycles. The van der Waals surface area contributed by atoms with Crippen molar-refractivity contribution in [1.82, 2.24) is 10.2 Å². The first-order valence-electron chi connectivity index (χ1n) is 7.94. The van der Waals surface area contributed by atoms with Crippen molar-refractivity contribution in [1.29, 1.82) is 0 Å². The quantitative estimate of drug-likeness (QED) is 0.898. The van der Waals surface area contributed by atoms with Gasteiger partial charge in [-0.3, -0.25) is 4.90 Å². The van der Waals surface area contributed by atoms with Gasteiger partial charge in [-0.25, -0.2) is 0 Å². The number of hydrogen-bond donors (Lipinski definition) is 1. The summed E-state index contributed by atoms with van der Waals surface area (Å²) in [4.78, 5) is 2.49. The van der Waals surface area contributed by atoms with Crippen LogP contribution in [0, 0.1) is 6.92 Å². The summed E-state index contributed by atoms with van der Waals surface area (Å²) < 4.78 is 11.4. The standard InChI is InChI=1S/C16H26N2O2/c1-13-6-7-16(20-13)15(18-8-10-19-11-9-18)12-17-14-4-2-3-5-14/h6-7,14-15,17H,2-5,8-12H2,1H3. The van der Waals surface area contributed by atoms with Crippen LogP contribution < -0.4 is 5.32 Å². The number of nitrogens with one attached hydrogen (secondary N) is 1. The minimum Gasteiger partial charge on any atom is -0.465 e. The van der Waals surface area contributed by atoms with E-state index in [1.807, 2.05) is 6.92 Å². The van der Waals surface area contributed by atoms with Gasteiger partial charge in [0.15, 0.2) is 0 Å².